The molecule has 3 heterocycles. The van der Waals surface area contributed by atoms with E-state index in [1.807, 2.05) is 18.3 Å². The SMILES string of the molecule is NC(=O)c1ccc2c(cnn2-c2cnn3cccnc23)c1. The van der Waals surface area contributed by atoms with Gasteiger partial charge in [0.05, 0.1) is 17.9 Å². The lowest BCUT2D eigenvalue weighted by atomic mass is 10.1. The Balaban J connectivity index is 1.97. The fourth-order valence-corrected chi connectivity index (χ4v) is 2.34. The minimum atomic E-state index is -0.456. The summed E-state index contributed by atoms with van der Waals surface area (Å²) in [4.78, 5) is 15.5. The van der Waals surface area contributed by atoms with Gasteiger partial charge < -0.3 is 5.73 Å². The lowest BCUT2D eigenvalue weighted by Crippen LogP contribution is -2.10. The Hall–Kier alpha value is -3.22. The first-order valence-corrected chi connectivity index (χ1v) is 6.30. The van der Waals surface area contributed by atoms with Crippen molar-refractivity contribution in [1.29, 1.82) is 0 Å². The topological polar surface area (TPSA) is 91.1 Å². The van der Waals surface area contributed by atoms with Crippen LogP contribution >= 0.6 is 0 Å². The predicted molar refractivity (Wildman–Crippen MR) is 76.1 cm³/mol. The number of nitrogens with two attached hydrogens (primary N) is 1. The molecule has 0 aliphatic carbocycles. The highest BCUT2D eigenvalue weighted by Gasteiger charge is 2.12. The van der Waals surface area contributed by atoms with Crippen LogP contribution in [-0.4, -0.2) is 30.3 Å². The molecule has 4 rings (SSSR count). The van der Waals surface area contributed by atoms with Crippen LogP contribution in [0.15, 0.2) is 49.1 Å². The molecule has 0 radical (unpaired) electrons. The van der Waals surface area contributed by atoms with Crippen LogP contribution in [0.4, 0.5) is 0 Å². The van der Waals surface area contributed by atoms with Crippen molar-refractivity contribution < 1.29 is 4.79 Å². The average Bonchev–Trinajstić information content (AvgIpc) is 3.09. The zero-order valence-electron chi connectivity index (χ0n) is 10.8. The van der Waals surface area contributed by atoms with Gasteiger partial charge in [-0.15, -0.1) is 0 Å². The lowest BCUT2D eigenvalue weighted by Gasteiger charge is -2.01. The summed E-state index contributed by atoms with van der Waals surface area (Å²) in [7, 11) is 0. The van der Waals surface area contributed by atoms with Crippen LogP contribution < -0.4 is 5.73 Å². The molecule has 0 aliphatic heterocycles. The molecule has 4 aromatic rings. The molecule has 2 N–H and O–H groups in total. The maximum Gasteiger partial charge on any atom is 0.248 e. The van der Waals surface area contributed by atoms with Crippen LogP contribution in [0, 0.1) is 0 Å². The number of aromatic nitrogens is 5. The van der Waals surface area contributed by atoms with Crippen LogP contribution in [0.2, 0.25) is 0 Å². The molecule has 7 heteroatoms. The van der Waals surface area contributed by atoms with E-state index in [9.17, 15) is 4.79 Å². The van der Waals surface area contributed by atoms with Crippen LogP contribution in [0.3, 0.4) is 0 Å². The predicted octanol–water partition coefficient (Wildman–Crippen LogP) is 1.17. The van der Waals surface area contributed by atoms with Gasteiger partial charge in [-0.25, -0.2) is 14.2 Å². The van der Waals surface area contributed by atoms with Gasteiger partial charge in [-0.1, -0.05) is 0 Å². The van der Waals surface area contributed by atoms with E-state index < -0.39 is 5.91 Å². The highest BCUT2D eigenvalue weighted by atomic mass is 16.1. The van der Waals surface area contributed by atoms with Crippen LogP contribution in [0.1, 0.15) is 10.4 Å². The summed E-state index contributed by atoms with van der Waals surface area (Å²) in [5, 5.41) is 9.44. The van der Waals surface area contributed by atoms with E-state index in [0.717, 1.165) is 16.6 Å². The van der Waals surface area contributed by atoms with Crippen molar-refractivity contribution in [3.8, 4) is 5.69 Å². The number of carbonyl (C=O) groups is 1. The summed E-state index contributed by atoms with van der Waals surface area (Å²) in [5.41, 5.74) is 8.10. The molecule has 0 saturated carbocycles. The van der Waals surface area contributed by atoms with Gasteiger partial charge >= 0.3 is 0 Å². The van der Waals surface area contributed by atoms with E-state index >= 15 is 0 Å². The van der Waals surface area contributed by atoms with Gasteiger partial charge in [0.25, 0.3) is 0 Å². The molecule has 0 unspecified atom stereocenters. The molecule has 0 fully saturated rings. The first-order valence-electron chi connectivity index (χ1n) is 6.30. The zero-order chi connectivity index (χ0) is 14.4. The lowest BCUT2D eigenvalue weighted by molar-refractivity contribution is 0.100. The Morgan fingerprint density at radius 3 is 2.95 bits per heavy atom. The first-order chi connectivity index (χ1) is 10.2. The van der Waals surface area contributed by atoms with Crippen molar-refractivity contribution in [2.45, 2.75) is 0 Å². The Bertz CT molecular complexity index is 983. The zero-order valence-corrected chi connectivity index (χ0v) is 10.8. The van der Waals surface area contributed by atoms with Crippen molar-refractivity contribution in [3.05, 3.63) is 54.6 Å². The van der Waals surface area contributed by atoms with Crippen LogP contribution in [0.5, 0.6) is 0 Å². The van der Waals surface area contributed by atoms with Crippen LogP contribution in [0.25, 0.3) is 22.2 Å². The molecule has 0 atom stereocenters. The van der Waals surface area contributed by atoms with Crippen molar-refractivity contribution in [2.24, 2.45) is 5.73 Å². The Morgan fingerprint density at radius 2 is 2.10 bits per heavy atom. The Morgan fingerprint density at radius 1 is 1.19 bits per heavy atom. The molecule has 0 spiro atoms. The minimum Gasteiger partial charge on any atom is -0.366 e. The summed E-state index contributed by atoms with van der Waals surface area (Å²) in [5.74, 6) is -0.456. The highest BCUT2D eigenvalue weighted by molar-refractivity contribution is 5.97. The second kappa shape index (κ2) is 4.14. The molecule has 0 saturated heterocycles. The minimum absolute atomic E-state index is 0.456. The first kappa shape index (κ1) is 11.6. The number of rotatable bonds is 2. The number of primary amides is 1. The maximum atomic E-state index is 11.2. The summed E-state index contributed by atoms with van der Waals surface area (Å²) >= 11 is 0. The molecule has 0 aliphatic rings. The standard InChI is InChI=1S/C14H10N6O/c15-13(21)9-2-3-11-10(6-9)7-18-20(11)12-8-17-19-5-1-4-16-14(12)19/h1-8H,(H2,15,21). The number of hydrogen-bond donors (Lipinski definition) is 1. The molecule has 0 bridgehead atoms. The van der Waals surface area contributed by atoms with E-state index in [0.29, 0.717) is 11.2 Å². The van der Waals surface area contributed by atoms with Gasteiger partial charge in [0.2, 0.25) is 5.91 Å². The van der Waals surface area contributed by atoms with Gasteiger partial charge in [-0.3, -0.25) is 4.79 Å². The van der Waals surface area contributed by atoms with Crippen LogP contribution in [-0.2, 0) is 0 Å². The van der Waals surface area contributed by atoms with Crippen molar-refractivity contribution in [1.82, 2.24) is 24.4 Å². The van der Waals surface area contributed by atoms with Gasteiger partial charge in [0, 0.05) is 23.3 Å². The van der Waals surface area contributed by atoms with E-state index in [2.05, 4.69) is 15.2 Å². The molecule has 3 aromatic heterocycles. The molecule has 102 valence electrons. The number of fused-ring (bicyclic) bond motifs is 2. The monoisotopic (exact) mass is 278 g/mol. The second-order valence-electron chi connectivity index (χ2n) is 4.61. The van der Waals surface area contributed by atoms with Crippen molar-refractivity contribution in [3.63, 3.8) is 0 Å². The summed E-state index contributed by atoms with van der Waals surface area (Å²) in [6.45, 7) is 0. The van der Waals surface area contributed by atoms with E-state index in [1.54, 1.807) is 39.9 Å². The maximum absolute atomic E-state index is 11.2. The largest absolute Gasteiger partial charge is 0.366 e. The quantitative estimate of drug-likeness (QED) is 0.595. The van der Waals surface area contributed by atoms with E-state index in [-0.39, 0.29) is 0 Å². The molecule has 1 amide bonds. The van der Waals surface area contributed by atoms with E-state index in [1.165, 1.54) is 0 Å². The third-order valence-electron chi connectivity index (χ3n) is 3.34. The fourth-order valence-electron chi connectivity index (χ4n) is 2.34. The van der Waals surface area contributed by atoms with Crippen molar-refractivity contribution >= 4 is 22.5 Å². The summed E-state index contributed by atoms with van der Waals surface area (Å²) < 4.78 is 3.43. The van der Waals surface area contributed by atoms with Crippen molar-refractivity contribution in [2.75, 3.05) is 0 Å². The average molecular weight is 278 g/mol. The molecule has 1 aromatic carbocycles. The third-order valence-corrected chi connectivity index (χ3v) is 3.34. The van der Waals surface area contributed by atoms with Gasteiger partial charge in [-0.2, -0.15) is 10.2 Å². The Labute approximate surface area is 118 Å². The number of amides is 1. The van der Waals surface area contributed by atoms with Gasteiger partial charge in [0.1, 0.15) is 5.69 Å². The fraction of sp³-hybridized carbons (Fsp3) is 0. The molecule has 21 heavy (non-hydrogen) atoms. The smallest absolute Gasteiger partial charge is 0.248 e. The summed E-state index contributed by atoms with van der Waals surface area (Å²) in [6.07, 6.45) is 6.92. The second-order valence-corrected chi connectivity index (χ2v) is 4.61. The molecule has 7 nitrogen and oxygen atoms in total. The normalized spacial score (nSPS) is 11.2. The Kier molecular flexibility index (Phi) is 2.28. The number of carbonyl (C=O) groups excluding carboxylic acids is 1. The number of hydrogen-bond acceptors (Lipinski definition) is 4. The molecular formula is C14H10N6O. The highest BCUT2D eigenvalue weighted by Crippen LogP contribution is 2.21. The van der Waals surface area contributed by atoms with Gasteiger partial charge in [0.15, 0.2) is 5.65 Å². The summed E-state index contributed by atoms with van der Waals surface area (Å²) in [6, 6.07) is 7.03. The van der Waals surface area contributed by atoms with E-state index in [4.69, 9.17) is 5.73 Å². The third kappa shape index (κ3) is 1.68. The number of benzene rings is 1. The number of nitrogens with zero attached hydrogens (tertiary/aromatic N) is 5. The van der Waals surface area contributed by atoms with Gasteiger partial charge in [-0.05, 0) is 24.3 Å². The molecular weight excluding hydrogens is 268 g/mol.